The molecule has 0 saturated heterocycles. The van der Waals surface area contributed by atoms with Gasteiger partial charge in [-0.05, 0) is 30.7 Å². The largest absolute Gasteiger partial charge is 0.378 e. The van der Waals surface area contributed by atoms with Crippen molar-refractivity contribution in [2.45, 2.75) is 19.4 Å². The van der Waals surface area contributed by atoms with Crippen LogP contribution in [0.1, 0.15) is 24.9 Å². The maximum Gasteiger partial charge on any atom is 0.147 e. The summed E-state index contributed by atoms with van der Waals surface area (Å²) in [5.41, 5.74) is 2.28. The van der Waals surface area contributed by atoms with E-state index >= 15 is 0 Å². The predicted molar refractivity (Wildman–Crippen MR) is 81.5 cm³/mol. The van der Waals surface area contributed by atoms with Crippen molar-refractivity contribution in [1.82, 2.24) is 5.32 Å². The Hall–Kier alpha value is -1.07. The van der Waals surface area contributed by atoms with Crippen molar-refractivity contribution in [3.8, 4) is 0 Å². The quantitative estimate of drug-likeness (QED) is 0.830. The molecule has 4 nitrogen and oxygen atoms in total. The molecule has 1 aromatic carbocycles. The highest BCUT2D eigenvalue weighted by molar-refractivity contribution is 7.90. The predicted octanol–water partition coefficient (Wildman–Crippen LogP) is 1.84. The molecule has 1 unspecified atom stereocenters. The van der Waals surface area contributed by atoms with Crippen LogP contribution < -0.4 is 10.2 Å². The van der Waals surface area contributed by atoms with Crippen LogP contribution in [0.15, 0.2) is 24.3 Å². The number of rotatable bonds is 7. The second-order valence-corrected chi connectivity index (χ2v) is 7.27. The van der Waals surface area contributed by atoms with Gasteiger partial charge in [0.05, 0.1) is 5.75 Å². The maximum atomic E-state index is 11.3. The van der Waals surface area contributed by atoms with Crippen molar-refractivity contribution < 1.29 is 8.42 Å². The molecule has 0 spiro atoms. The van der Waals surface area contributed by atoms with E-state index < -0.39 is 9.84 Å². The van der Waals surface area contributed by atoms with Gasteiger partial charge >= 0.3 is 0 Å². The Morgan fingerprint density at radius 2 is 1.79 bits per heavy atom. The molecular weight excluding hydrogens is 260 g/mol. The fourth-order valence-corrected chi connectivity index (χ4v) is 2.63. The van der Waals surface area contributed by atoms with Crippen molar-refractivity contribution in [1.29, 1.82) is 0 Å². The van der Waals surface area contributed by atoms with Gasteiger partial charge in [-0.2, -0.15) is 0 Å². The molecule has 108 valence electrons. The van der Waals surface area contributed by atoms with Gasteiger partial charge in [-0.1, -0.05) is 19.1 Å². The maximum absolute atomic E-state index is 11.3. The van der Waals surface area contributed by atoms with Crippen LogP contribution in [0, 0.1) is 0 Å². The van der Waals surface area contributed by atoms with Gasteiger partial charge in [0.15, 0.2) is 0 Å². The Bertz CT molecular complexity index is 481. The van der Waals surface area contributed by atoms with E-state index in [1.807, 2.05) is 25.9 Å². The highest BCUT2D eigenvalue weighted by Crippen LogP contribution is 2.20. The molecule has 0 bridgehead atoms. The first-order chi connectivity index (χ1) is 8.83. The zero-order chi connectivity index (χ0) is 14.5. The number of nitrogens with one attached hydrogen (secondary N) is 1. The van der Waals surface area contributed by atoms with Gasteiger partial charge in [0.2, 0.25) is 0 Å². The van der Waals surface area contributed by atoms with Crippen LogP contribution in [0.4, 0.5) is 5.69 Å². The molecule has 0 fully saturated rings. The molecule has 0 radical (unpaired) electrons. The zero-order valence-corrected chi connectivity index (χ0v) is 13.0. The smallest absolute Gasteiger partial charge is 0.147 e. The van der Waals surface area contributed by atoms with Crippen LogP contribution in [0.25, 0.3) is 0 Å². The molecule has 0 aliphatic carbocycles. The first kappa shape index (κ1) is 16.0. The summed E-state index contributed by atoms with van der Waals surface area (Å²) >= 11 is 0. The normalized spacial score (nSPS) is 13.3. The summed E-state index contributed by atoms with van der Waals surface area (Å²) in [6.45, 7) is 2.85. The number of nitrogens with zero attached hydrogens (tertiary/aromatic N) is 1. The lowest BCUT2D eigenvalue weighted by Crippen LogP contribution is -2.23. The fourth-order valence-electron chi connectivity index (χ4n) is 1.97. The Morgan fingerprint density at radius 1 is 1.21 bits per heavy atom. The minimum absolute atomic E-state index is 0.0935. The number of benzene rings is 1. The van der Waals surface area contributed by atoms with Crippen molar-refractivity contribution in [3.63, 3.8) is 0 Å². The lowest BCUT2D eigenvalue weighted by Gasteiger charge is -2.19. The lowest BCUT2D eigenvalue weighted by molar-refractivity contribution is 0.530. The van der Waals surface area contributed by atoms with Gasteiger partial charge in [0.25, 0.3) is 0 Å². The standard InChI is InChI=1S/C14H24N2O2S/c1-5-15-14(10-11-19(4,17)18)12-6-8-13(9-7-12)16(2)3/h6-9,14-15H,5,10-11H2,1-4H3. The molecule has 1 atom stereocenters. The molecule has 0 heterocycles. The Kier molecular flexibility index (Phi) is 5.82. The Balaban J connectivity index is 2.80. The summed E-state index contributed by atoms with van der Waals surface area (Å²) in [6.07, 6.45) is 1.89. The molecule has 0 aliphatic heterocycles. The highest BCUT2D eigenvalue weighted by Gasteiger charge is 2.13. The highest BCUT2D eigenvalue weighted by atomic mass is 32.2. The minimum atomic E-state index is -2.92. The summed E-state index contributed by atoms with van der Waals surface area (Å²) < 4.78 is 22.6. The van der Waals surface area contributed by atoms with E-state index in [2.05, 4.69) is 29.6 Å². The van der Waals surface area contributed by atoms with Crippen LogP contribution in [0.2, 0.25) is 0 Å². The SMILES string of the molecule is CCNC(CCS(C)(=O)=O)c1ccc(N(C)C)cc1. The third kappa shape index (κ3) is 5.61. The van der Waals surface area contributed by atoms with Crippen molar-refractivity contribution in [3.05, 3.63) is 29.8 Å². The topological polar surface area (TPSA) is 49.4 Å². The molecule has 1 rings (SSSR count). The van der Waals surface area contributed by atoms with E-state index in [0.717, 1.165) is 17.8 Å². The number of sulfone groups is 1. The Morgan fingerprint density at radius 3 is 2.21 bits per heavy atom. The first-order valence-electron chi connectivity index (χ1n) is 6.52. The second-order valence-electron chi connectivity index (χ2n) is 5.01. The molecule has 1 N–H and O–H groups in total. The molecule has 19 heavy (non-hydrogen) atoms. The number of hydrogen-bond acceptors (Lipinski definition) is 4. The van der Waals surface area contributed by atoms with Crippen LogP contribution in [-0.2, 0) is 9.84 Å². The van der Waals surface area contributed by atoms with Crippen LogP contribution in [-0.4, -0.2) is 41.1 Å². The van der Waals surface area contributed by atoms with E-state index in [-0.39, 0.29) is 11.8 Å². The van der Waals surface area contributed by atoms with Gasteiger partial charge in [-0.25, -0.2) is 8.42 Å². The molecule has 1 aromatic rings. The van der Waals surface area contributed by atoms with E-state index in [0.29, 0.717) is 6.42 Å². The third-order valence-corrected chi connectivity index (χ3v) is 4.02. The summed E-state index contributed by atoms with van der Waals surface area (Å²) in [5.74, 6) is 0.208. The lowest BCUT2D eigenvalue weighted by atomic mass is 10.0. The van der Waals surface area contributed by atoms with Gasteiger partial charge in [0.1, 0.15) is 9.84 Å². The number of hydrogen-bond donors (Lipinski definition) is 1. The van der Waals surface area contributed by atoms with Gasteiger partial charge in [0, 0.05) is 32.1 Å². The van der Waals surface area contributed by atoms with Crippen molar-refractivity contribution in [2.24, 2.45) is 0 Å². The molecule has 0 aromatic heterocycles. The van der Waals surface area contributed by atoms with E-state index in [4.69, 9.17) is 0 Å². The average Bonchev–Trinajstić information content (AvgIpc) is 2.33. The minimum Gasteiger partial charge on any atom is -0.378 e. The molecule has 5 heteroatoms. The summed E-state index contributed by atoms with van der Waals surface area (Å²) in [7, 11) is 1.09. The fraction of sp³-hybridized carbons (Fsp3) is 0.571. The van der Waals surface area contributed by atoms with Crippen LogP contribution in [0.5, 0.6) is 0 Å². The van der Waals surface area contributed by atoms with E-state index in [1.54, 1.807) is 0 Å². The molecular formula is C14H24N2O2S. The van der Waals surface area contributed by atoms with Gasteiger partial charge in [-0.3, -0.25) is 0 Å². The number of anilines is 1. The summed E-state index contributed by atoms with van der Waals surface area (Å²) in [6, 6.07) is 8.33. The molecule has 0 saturated carbocycles. The van der Waals surface area contributed by atoms with Gasteiger partial charge in [-0.15, -0.1) is 0 Å². The van der Waals surface area contributed by atoms with E-state index in [9.17, 15) is 8.42 Å². The van der Waals surface area contributed by atoms with Gasteiger partial charge < -0.3 is 10.2 Å². The zero-order valence-electron chi connectivity index (χ0n) is 12.2. The summed E-state index contributed by atoms with van der Waals surface area (Å²) in [4.78, 5) is 2.04. The van der Waals surface area contributed by atoms with E-state index in [1.165, 1.54) is 6.26 Å². The first-order valence-corrected chi connectivity index (χ1v) is 8.58. The monoisotopic (exact) mass is 284 g/mol. The van der Waals surface area contributed by atoms with Crippen molar-refractivity contribution in [2.75, 3.05) is 37.5 Å². The van der Waals surface area contributed by atoms with Crippen LogP contribution in [0.3, 0.4) is 0 Å². The summed E-state index contributed by atoms with van der Waals surface area (Å²) in [5, 5.41) is 3.34. The molecule has 0 aliphatic rings. The average molecular weight is 284 g/mol. The third-order valence-electron chi connectivity index (χ3n) is 3.04. The van der Waals surface area contributed by atoms with Crippen molar-refractivity contribution >= 4 is 15.5 Å². The second kappa shape index (κ2) is 6.91. The molecule has 0 amide bonds. The Labute approximate surface area is 116 Å². The van der Waals surface area contributed by atoms with Crippen LogP contribution >= 0.6 is 0 Å².